The number of anilines is 2. The average Bonchev–Trinajstić information content (AvgIpc) is 2.63. The molecule has 0 aromatic heterocycles. The number of hydrogen-bond donors (Lipinski definition) is 0. The fourth-order valence-electron chi connectivity index (χ4n) is 2.93. The largest absolute Gasteiger partial charge is 0.367 e. The lowest BCUT2D eigenvalue weighted by Gasteiger charge is -2.35. The van der Waals surface area contributed by atoms with Gasteiger partial charge in [-0.1, -0.05) is 0 Å². The van der Waals surface area contributed by atoms with Crippen LogP contribution in [0, 0.1) is 0 Å². The molecule has 0 N–H and O–H groups in total. The SMILES string of the molecule is CC1CS(=O)(=O)CCN1c1ccc2c(c1)N(C)C(=O)C2=O. The highest BCUT2D eigenvalue weighted by atomic mass is 32.2. The molecule has 1 unspecified atom stereocenters. The van der Waals surface area contributed by atoms with Crippen molar-refractivity contribution in [1.29, 1.82) is 0 Å². The molecule has 1 atom stereocenters. The zero-order valence-electron chi connectivity index (χ0n) is 11.9. The number of Topliss-reactive ketones (excluding diaryl/α,β-unsaturated/α-hetero) is 1. The maximum atomic E-state index is 11.8. The van der Waals surface area contributed by atoms with Crippen LogP contribution in [-0.4, -0.2) is 51.2 Å². The number of nitrogens with zero attached hydrogens (tertiary/aromatic N) is 2. The first-order valence-corrected chi connectivity index (χ1v) is 8.56. The highest BCUT2D eigenvalue weighted by Crippen LogP contribution is 2.33. The van der Waals surface area contributed by atoms with E-state index in [0.717, 1.165) is 5.69 Å². The summed E-state index contributed by atoms with van der Waals surface area (Å²) in [5, 5.41) is 0. The standard InChI is InChI=1S/C14H16N2O4S/c1-9-8-21(19,20)6-5-16(9)10-3-4-11-12(7-10)15(2)14(18)13(11)17/h3-4,7,9H,5-6,8H2,1-2H3. The minimum absolute atomic E-state index is 0.123. The quantitative estimate of drug-likeness (QED) is 0.705. The van der Waals surface area contributed by atoms with E-state index in [4.69, 9.17) is 0 Å². The summed E-state index contributed by atoms with van der Waals surface area (Å²) >= 11 is 0. The van der Waals surface area contributed by atoms with Crippen LogP contribution in [0.4, 0.5) is 11.4 Å². The van der Waals surface area contributed by atoms with E-state index in [1.54, 1.807) is 25.2 Å². The molecule has 6 nitrogen and oxygen atoms in total. The van der Waals surface area contributed by atoms with Crippen LogP contribution < -0.4 is 9.80 Å². The van der Waals surface area contributed by atoms with Gasteiger partial charge in [-0.25, -0.2) is 8.42 Å². The maximum Gasteiger partial charge on any atom is 0.299 e. The van der Waals surface area contributed by atoms with Crippen LogP contribution in [0.25, 0.3) is 0 Å². The summed E-state index contributed by atoms with van der Waals surface area (Å²) in [7, 11) is -1.40. The Bertz CT molecular complexity index is 741. The van der Waals surface area contributed by atoms with Gasteiger partial charge in [0.05, 0.1) is 22.8 Å². The molecule has 0 aliphatic carbocycles. The van der Waals surface area contributed by atoms with Crippen LogP contribution in [0.5, 0.6) is 0 Å². The number of carbonyl (C=O) groups is 2. The van der Waals surface area contributed by atoms with E-state index < -0.39 is 21.5 Å². The van der Waals surface area contributed by atoms with Crippen molar-refractivity contribution in [3.05, 3.63) is 23.8 Å². The fraction of sp³-hybridized carbons (Fsp3) is 0.429. The molecule has 0 radical (unpaired) electrons. The molecule has 1 aromatic rings. The van der Waals surface area contributed by atoms with Crippen molar-refractivity contribution in [1.82, 2.24) is 0 Å². The number of carbonyl (C=O) groups excluding carboxylic acids is 2. The molecule has 112 valence electrons. The van der Waals surface area contributed by atoms with Gasteiger partial charge < -0.3 is 9.80 Å². The molecule has 2 heterocycles. The van der Waals surface area contributed by atoms with Crippen molar-refractivity contribution >= 4 is 32.9 Å². The third kappa shape index (κ3) is 2.21. The van der Waals surface area contributed by atoms with E-state index in [1.165, 1.54) is 4.90 Å². The molecule has 2 aliphatic rings. The summed E-state index contributed by atoms with van der Waals surface area (Å²) in [6.07, 6.45) is 0. The number of fused-ring (bicyclic) bond motifs is 1. The molecule has 3 rings (SSSR count). The van der Waals surface area contributed by atoms with Gasteiger partial charge in [-0.2, -0.15) is 0 Å². The molecule has 1 saturated heterocycles. The molecule has 7 heteroatoms. The molecular formula is C14H16N2O4S. The second-order valence-electron chi connectivity index (χ2n) is 5.55. The molecule has 21 heavy (non-hydrogen) atoms. The predicted octanol–water partition coefficient (Wildman–Crippen LogP) is 0.469. The second kappa shape index (κ2) is 4.56. The third-order valence-corrected chi connectivity index (χ3v) is 5.88. The van der Waals surface area contributed by atoms with Crippen LogP contribution in [-0.2, 0) is 14.6 Å². The number of hydrogen-bond acceptors (Lipinski definition) is 5. The number of ketones is 1. The topological polar surface area (TPSA) is 74.8 Å². The highest BCUT2D eigenvalue weighted by molar-refractivity contribution is 7.91. The maximum absolute atomic E-state index is 11.8. The van der Waals surface area contributed by atoms with Gasteiger partial charge in [0.2, 0.25) is 0 Å². The van der Waals surface area contributed by atoms with Gasteiger partial charge >= 0.3 is 0 Å². The summed E-state index contributed by atoms with van der Waals surface area (Å²) < 4.78 is 23.3. The number of likely N-dealkylation sites (N-methyl/N-ethyl adjacent to an activating group) is 1. The molecule has 0 saturated carbocycles. The third-order valence-electron chi connectivity index (χ3n) is 4.09. The van der Waals surface area contributed by atoms with E-state index >= 15 is 0 Å². The Morgan fingerprint density at radius 2 is 1.95 bits per heavy atom. The van der Waals surface area contributed by atoms with Crippen LogP contribution in [0.3, 0.4) is 0 Å². The highest BCUT2D eigenvalue weighted by Gasteiger charge is 2.35. The number of benzene rings is 1. The van der Waals surface area contributed by atoms with Crippen molar-refractivity contribution < 1.29 is 18.0 Å². The summed E-state index contributed by atoms with van der Waals surface area (Å²) in [6.45, 7) is 2.29. The van der Waals surface area contributed by atoms with E-state index in [1.807, 2.05) is 11.8 Å². The summed E-state index contributed by atoms with van der Waals surface area (Å²) in [5.74, 6) is -0.773. The normalized spacial score (nSPS) is 24.4. The van der Waals surface area contributed by atoms with Crippen molar-refractivity contribution in [2.45, 2.75) is 13.0 Å². The van der Waals surface area contributed by atoms with Crippen LogP contribution in [0.15, 0.2) is 18.2 Å². The van der Waals surface area contributed by atoms with Crippen molar-refractivity contribution in [3.8, 4) is 0 Å². The van der Waals surface area contributed by atoms with Gasteiger partial charge in [0.15, 0.2) is 9.84 Å². The number of rotatable bonds is 1. The molecule has 0 bridgehead atoms. The fourth-order valence-corrected chi connectivity index (χ4v) is 4.48. The first-order valence-electron chi connectivity index (χ1n) is 6.74. The van der Waals surface area contributed by atoms with Crippen LogP contribution >= 0.6 is 0 Å². The first kappa shape index (κ1) is 14.1. The summed E-state index contributed by atoms with van der Waals surface area (Å²) in [4.78, 5) is 26.8. The lowest BCUT2D eigenvalue weighted by molar-refractivity contribution is -0.114. The minimum Gasteiger partial charge on any atom is -0.367 e. The van der Waals surface area contributed by atoms with E-state index in [9.17, 15) is 18.0 Å². The Morgan fingerprint density at radius 3 is 2.62 bits per heavy atom. The Hall–Kier alpha value is -1.89. The predicted molar refractivity (Wildman–Crippen MR) is 79.6 cm³/mol. The molecule has 1 amide bonds. The molecule has 2 aliphatic heterocycles. The number of amides is 1. The molecule has 1 aromatic carbocycles. The number of sulfone groups is 1. The lowest BCUT2D eigenvalue weighted by atomic mass is 10.1. The van der Waals surface area contributed by atoms with Gasteiger partial charge in [-0.3, -0.25) is 9.59 Å². The Morgan fingerprint density at radius 1 is 1.24 bits per heavy atom. The minimum atomic E-state index is -2.97. The lowest BCUT2D eigenvalue weighted by Crippen LogP contribution is -2.47. The van der Waals surface area contributed by atoms with Gasteiger partial charge in [0.25, 0.3) is 11.7 Å². The van der Waals surface area contributed by atoms with Gasteiger partial charge in [0.1, 0.15) is 0 Å². The Balaban J connectivity index is 1.96. The molecular weight excluding hydrogens is 292 g/mol. The summed E-state index contributed by atoms with van der Waals surface area (Å²) in [6, 6.07) is 5.08. The second-order valence-corrected chi connectivity index (χ2v) is 7.78. The van der Waals surface area contributed by atoms with Gasteiger partial charge in [-0.05, 0) is 25.1 Å². The van der Waals surface area contributed by atoms with Gasteiger partial charge in [-0.15, -0.1) is 0 Å². The Labute approximate surface area is 123 Å². The smallest absolute Gasteiger partial charge is 0.299 e. The summed E-state index contributed by atoms with van der Waals surface area (Å²) in [5.41, 5.74) is 1.83. The van der Waals surface area contributed by atoms with Crippen molar-refractivity contribution in [3.63, 3.8) is 0 Å². The zero-order valence-corrected chi connectivity index (χ0v) is 12.7. The molecule has 1 fully saturated rings. The monoisotopic (exact) mass is 308 g/mol. The van der Waals surface area contributed by atoms with Crippen LogP contribution in [0.2, 0.25) is 0 Å². The average molecular weight is 308 g/mol. The van der Waals surface area contributed by atoms with Crippen LogP contribution in [0.1, 0.15) is 17.3 Å². The van der Waals surface area contributed by atoms with E-state index in [-0.39, 0.29) is 17.5 Å². The van der Waals surface area contributed by atoms with Crippen molar-refractivity contribution in [2.75, 3.05) is 34.9 Å². The first-order chi connectivity index (χ1) is 9.80. The van der Waals surface area contributed by atoms with Gasteiger partial charge in [0, 0.05) is 25.3 Å². The Kier molecular flexibility index (Phi) is 3.05. The molecule has 0 spiro atoms. The zero-order chi connectivity index (χ0) is 15.4. The van der Waals surface area contributed by atoms with E-state index in [0.29, 0.717) is 17.8 Å². The van der Waals surface area contributed by atoms with Crippen molar-refractivity contribution in [2.24, 2.45) is 0 Å². The van der Waals surface area contributed by atoms with E-state index in [2.05, 4.69) is 0 Å².